The predicted octanol–water partition coefficient (Wildman–Crippen LogP) is 2.04. The van der Waals surface area contributed by atoms with Crippen LogP contribution in [-0.2, 0) is 0 Å². The molecule has 1 heterocycles. The van der Waals surface area contributed by atoms with E-state index >= 15 is 0 Å². The summed E-state index contributed by atoms with van der Waals surface area (Å²) in [6, 6.07) is 0.481. The quantitative estimate of drug-likeness (QED) is 0.467. The highest BCUT2D eigenvalue weighted by molar-refractivity contribution is 5.73. The first kappa shape index (κ1) is 6.53. The van der Waals surface area contributed by atoms with Gasteiger partial charge in [-0.2, -0.15) is 0 Å². The standard InChI is InChI=1S/C8H13N/c1-6-4-5-9-8(3)7(6)2/h4-5,7-8H,1-3H3/t7-,8?/m0/s1. The van der Waals surface area contributed by atoms with Crippen LogP contribution in [-0.4, -0.2) is 12.3 Å². The Balaban J connectivity index is 2.73. The average Bonchev–Trinajstić information content (AvgIpc) is 1.83. The third kappa shape index (κ3) is 1.21. The van der Waals surface area contributed by atoms with Gasteiger partial charge in [0.1, 0.15) is 0 Å². The van der Waals surface area contributed by atoms with E-state index in [-0.39, 0.29) is 0 Å². The molecular formula is C8H13N. The molecular weight excluding hydrogens is 110 g/mol. The summed E-state index contributed by atoms with van der Waals surface area (Å²) >= 11 is 0. The minimum absolute atomic E-state index is 0.481. The van der Waals surface area contributed by atoms with Crippen LogP contribution in [0, 0.1) is 5.92 Å². The van der Waals surface area contributed by atoms with E-state index in [0.29, 0.717) is 12.0 Å². The topological polar surface area (TPSA) is 12.4 Å². The Morgan fingerprint density at radius 2 is 2.11 bits per heavy atom. The lowest BCUT2D eigenvalue weighted by Gasteiger charge is -2.19. The van der Waals surface area contributed by atoms with Crippen LogP contribution in [0.1, 0.15) is 20.8 Å². The van der Waals surface area contributed by atoms with Gasteiger partial charge in [-0.25, -0.2) is 0 Å². The largest absolute Gasteiger partial charge is 0.290 e. The van der Waals surface area contributed by atoms with Crippen molar-refractivity contribution in [2.75, 3.05) is 0 Å². The fourth-order valence-electron chi connectivity index (χ4n) is 0.958. The van der Waals surface area contributed by atoms with Gasteiger partial charge >= 0.3 is 0 Å². The number of allylic oxidation sites excluding steroid dienone is 1. The van der Waals surface area contributed by atoms with Crippen molar-refractivity contribution in [2.45, 2.75) is 26.8 Å². The maximum atomic E-state index is 4.26. The Bertz CT molecular complexity index is 156. The van der Waals surface area contributed by atoms with E-state index in [4.69, 9.17) is 0 Å². The lowest BCUT2D eigenvalue weighted by molar-refractivity contribution is 0.552. The summed E-state index contributed by atoms with van der Waals surface area (Å²) in [6.07, 6.45) is 3.99. The summed E-state index contributed by atoms with van der Waals surface area (Å²) in [5.41, 5.74) is 1.44. The molecule has 0 aromatic heterocycles. The molecule has 0 aliphatic carbocycles. The van der Waals surface area contributed by atoms with Crippen LogP contribution in [0.25, 0.3) is 0 Å². The maximum absolute atomic E-state index is 4.26. The van der Waals surface area contributed by atoms with Crippen molar-refractivity contribution >= 4 is 6.21 Å². The molecule has 0 bridgehead atoms. The second-order valence-electron chi connectivity index (χ2n) is 2.74. The molecule has 1 aliphatic heterocycles. The fraction of sp³-hybridized carbons (Fsp3) is 0.625. The molecule has 1 nitrogen and oxygen atoms in total. The number of hydrogen-bond acceptors (Lipinski definition) is 1. The van der Waals surface area contributed by atoms with Crippen LogP contribution in [0.5, 0.6) is 0 Å². The molecule has 0 spiro atoms. The minimum Gasteiger partial charge on any atom is -0.290 e. The molecule has 0 saturated heterocycles. The van der Waals surface area contributed by atoms with Crippen molar-refractivity contribution in [3.8, 4) is 0 Å². The first-order valence-electron chi connectivity index (χ1n) is 3.42. The van der Waals surface area contributed by atoms with Crippen LogP contribution in [0.15, 0.2) is 16.6 Å². The van der Waals surface area contributed by atoms with Crippen LogP contribution in [0.4, 0.5) is 0 Å². The minimum atomic E-state index is 0.481. The second-order valence-corrected chi connectivity index (χ2v) is 2.74. The van der Waals surface area contributed by atoms with E-state index in [1.54, 1.807) is 0 Å². The highest BCUT2D eigenvalue weighted by Crippen LogP contribution is 2.18. The SMILES string of the molecule is CC1=CC=NC(C)[C@H]1C. The lowest BCUT2D eigenvalue weighted by Crippen LogP contribution is -2.15. The van der Waals surface area contributed by atoms with Crippen molar-refractivity contribution in [3.05, 3.63) is 11.6 Å². The van der Waals surface area contributed by atoms with Gasteiger partial charge in [-0.15, -0.1) is 0 Å². The molecule has 0 amide bonds. The van der Waals surface area contributed by atoms with Gasteiger partial charge in [-0.05, 0) is 25.8 Å². The van der Waals surface area contributed by atoms with Gasteiger partial charge in [-0.3, -0.25) is 4.99 Å². The van der Waals surface area contributed by atoms with Crippen LogP contribution >= 0.6 is 0 Å². The Morgan fingerprint density at radius 3 is 2.56 bits per heavy atom. The number of nitrogens with zero attached hydrogens (tertiary/aromatic N) is 1. The smallest absolute Gasteiger partial charge is 0.0534 e. The van der Waals surface area contributed by atoms with E-state index in [9.17, 15) is 0 Å². The zero-order valence-electron chi connectivity index (χ0n) is 6.26. The summed E-state index contributed by atoms with van der Waals surface area (Å²) in [5.74, 6) is 0.634. The third-order valence-corrected chi connectivity index (χ3v) is 2.10. The predicted molar refractivity (Wildman–Crippen MR) is 40.9 cm³/mol. The van der Waals surface area contributed by atoms with Crippen molar-refractivity contribution in [1.29, 1.82) is 0 Å². The van der Waals surface area contributed by atoms with Crippen molar-refractivity contribution in [3.63, 3.8) is 0 Å². The van der Waals surface area contributed by atoms with E-state index in [1.807, 2.05) is 6.21 Å². The summed E-state index contributed by atoms with van der Waals surface area (Å²) < 4.78 is 0. The normalized spacial score (nSPS) is 34.3. The molecule has 0 fully saturated rings. The van der Waals surface area contributed by atoms with Crippen molar-refractivity contribution in [2.24, 2.45) is 10.9 Å². The molecule has 1 heteroatoms. The number of aliphatic imine (C=N–C) groups is 1. The Kier molecular flexibility index (Phi) is 1.70. The molecule has 1 rings (SSSR count). The molecule has 0 N–H and O–H groups in total. The first-order chi connectivity index (χ1) is 4.22. The molecule has 0 aromatic rings. The summed E-state index contributed by atoms with van der Waals surface area (Å²) in [7, 11) is 0. The van der Waals surface area contributed by atoms with Crippen molar-refractivity contribution in [1.82, 2.24) is 0 Å². The fourth-order valence-corrected chi connectivity index (χ4v) is 0.958. The highest BCUT2D eigenvalue weighted by Gasteiger charge is 2.13. The van der Waals surface area contributed by atoms with Gasteiger partial charge in [0, 0.05) is 6.21 Å². The van der Waals surface area contributed by atoms with Crippen LogP contribution < -0.4 is 0 Å². The van der Waals surface area contributed by atoms with Crippen LogP contribution in [0.2, 0.25) is 0 Å². The van der Waals surface area contributed by atoms with Gasteiger partial charge < -0.3 is 0 Å². The Hall–Kier alpha value is -0.590. The monoisotopic (exact) mass is 123 g/mol. The van der Waals surface area contributed by atoms with E-state index in [1.165, 1.54) is 5.57 Å². The molecule has 0 radical (unpaired) electrons. The van der Waals surface area contributed by atoms with E-state index in [2.05, 4.69) is 31.8 Å². The summed E-state index contributed by atoms with van der Waals surface area (Å²) in [4.78, 5) is 4.26. The molecule has 0 saturated carbocycles. The number of dihydropyridines is 1. The molecule has 0 aromatic carbocycles. The molecule has 9 heavy (non-hydrogen) atoms. The van der Waals surface area contributed by atoms with Gasteiger partial charge in [-0.1, -0.05) is 12.5 Å². The second kappa shape index (κ2) is 2.34. The van der Waals surface area contributed by atoms with E-state index in [0.717, 1.165) is 0 Å². The highest BCUT2D eigenvalue weighted by atomic mass is 14.8. The lowest BCUT2D eigenvalue weighted by atomic mass is 9.94. The summed E-state index contributed by atoms with van der Waals surface area (Å²) in [6.45, 7) is 6.52. The Labute approximate surface area is 56.5 Å². The van der Waals surface area contributed by atoms with Crippen LogP contribution in [0.3, 0.4) is 0 Å². The molecule has 1 aliphatic rings. The number of hydrogen-bond donors (Lipinski definition) is 0. The van der Waals surface area contributed by atoms with Gasteiger partial charge in [0.25, 0.3) is 0 Å². The number of rotatable bonds is 0. The van der Waals surface area contributed by atoms with Gasteiger partial charge in [0.2, 0.25) is 0 Å². The average molecular weight is 123 g/mol. The molecule has 1 unspecified atom stereocenters. The zero-order valence-corrected chi connectivity index (χ0v) is 6.26. The maximum Gasteiger partial charge on any atom is 0.0534 e. The molecule has 50 valence electrons. The molecule has 2 atom stereocenters. The van der Waals surface area contributed by atoms with E-state index < -0.39 is 0 Å². The first-order valence-corrected chi connectivity index (χ1v) is 3.42. The van der Waals surface area contributed by atoms with Gasteiger partial charge in [0.15, 0.2) is 0 Å². The summed E-state index contributed by atoms with van der Waals surface area (Å²) in [5, 5.41) is 0. The van der Waals surface area contributed by atoms with Crippen molar-refractivity contribution < 1.29 is 0 Å². The third-order valence-electron chi connectivity index (χ3n) is 2.10. The van der Waals surface area contributed by atoms with Gasteiger partial charge in [0.05, 0.1) is 6.04 Å². The zero-order chi connectivity index (χ0) is 6.85. The Morgan fingerprint density at radius 1 is 1.44 bits per heavy atom.